The predicted octanol–water partition coefficient (Wildman–Crippen LogP) is 13.4. The minimum atomic E-state index is -2.86. The molecule has 0 amide bonds. The molecule has 85 heavy (non-hydrogen) atoms. The number of nitrogens with zero attached hydrogens (tertiary/aromatic N) is 2. The van der Waals surface area contributed by atoms with Crippen LogP contribution in [0.25, 0.3) is 50.0 Å². The summed E-state index contributed by atoms with van der Waals surface area (Å²) in [5.74, 6) is -69.1. The second kappa shape index (κ2) is 19.1. The molecule has 8 bridgehead atoms. The third kappa shape index (κ3) is 7.54. The topological polar surface area (TPSA) is 64.1 Å². The molecule has 0 radical (unpaired) electrons. The van der Waals surface area contributed by atoms with Crippen LogP contribution in [0.5, 0.6) is 0 Å². The van der Waals surface area contributed by atoms with Gasteiger partial charge in [-0.3, -0.25) is 0 Å². The first-order valence-corrected chi connectivity index (χ1v) is 23.1. The van der Waals surface area contributed by atoms with E-state index in [1.54, 1.807) is 0 Å². The molecule has 0 fully saturated rings. The lowest BCUT2D eigenvalue weighted by Gasteiger charge is -2.14. The summed E-state index contributed by atoms with van der Waals surface area (Å²) in [6, 6.07) is 3.75. The summed E-state index contributed by atoms with van der Waals surface area (Å²) < 4.78 is 391. The van der Waals surface area contributed by atoms with Crippen molar-refractivity contribution in [3.8, 4) is 11.1 Å². The molecule has 10 aromatic rings. The maximum Gasteiger partial charge on any atom is 0.200 e. The number of aromatic nitrogens is 4. The van der Waals surface area contributed by atoms with Crippen LogP contribution in [-0.2, 0) is 0 Å². The van der Waals surface area contributed by atoms with Crippen molar-refractivity contribution >= 4 is 44.6 Å². The van der Waals surface area contributed by atoms with Crippen molar-refractivity contribution in [2.45, 2.75) is 0 Å². The SMILES string of the molecule is Fc1c(F)c(F)c(C2=C3C=CC(=N3)C(c3c(F)c(F)c(F)c(F)c3F)=c3ccc([nH]3)=C(c3c(F)c(F)c(F)c(F)c3F)c3ccc([nH]3)C(c3c(F)c(F)c(F)c(F)c3F)=c3ccc4c(-c5c(F)c(F)c(F)c(F)c5F)c5[nH]c2cc5n34)c(F)c1F. The average molecular weight is 1220 g/mol. The lowest BCUT2D eigenvalue weighted by Crippen LogP contribution is -2.23. The summed E-state index contributed by atoms with van der Waals surface area (Å²) in [6.07, 6.45) is 0.938. The Bertz CT molecular complexity index is 4930. The number of hydrogen-bond donors (Lipinski definition) is 3. The molecule has 3 N–H and O–H groups in total. The van der Waals surface area contributed by atoms with Gasteiger partial charge in [-0.15, -0.1) is 0 Å². The smallest absolute Gasteiger partial charge is 0.200 e. The van der Waals surface area contributed by atoms with E-state index in [1.165, 1.54) is 0 Å². The Kier molecular flexibility index (Phi) is 12.5. The molecule has 432 valence electrons. The molecule has 12 rings (SSSR count). The van der Waals surface area contributed by atoms with Gasteiger partial charge in [0.25, 0.3) is 0 Å². The zero-order valence-corrected chi connectivity index (χ0v) is 40.0. The van der Waals surface area contributed by atoms with Gasteiger partial charge in [-0.25, -0.2) is 115 Å². The van der Waals surface area contributed by atoms with Crippen LogP contribution < -0.4 is 16.0 Å². The van der Waals surface area contributed by atoms with Crippen LogP contribution in [0, 0.1) is 145 Å². The molecule has 5 nitrogen and oxygen atoms in total. The van der Waals surface area contributed by atoms with E-state index in [0.29, 0.717) is 59.0 Å². The maximum absolute atomic E-state index is 16.5. The fourth-order valence-corrected chi connectivity index (χ4v) is 10.2. The van der Waals surface area contributed by atoms with Crippen molar-refractivity contribution in [3.05, 3.63) is 261 Å². The highest BCUT2D eigenvalue weighted by Gasteiger charge is 2.38. The number of halogens is 25. The number of allylic oxidation sites excluding steroid dienone is 2. The van der Waals surface area contributed by atoms with Crippen LogP contribution in [0.3, 0.4) is 0 Å². The molecule has 0 unspecified atom stereocenters. The van der Waals surface area contributed by atoms with Crippen LogP contribution >= 0.6 is 0 Å². The highest BCUT2D eigenvalue weighted by Crippen LogP contribution is 2.45. The summed E-state index contributed by atoms with van der Waals surface area (Å²) in [5, 5.41) is -3.28. The summed E-state index contributed by atoms with van der Waals surface area (Å²) in [6.45, 7) is 0. The van der Waals surface area contributed by atoms with Gasteiger partial charge in [-0.1, -0.05) is 0 Å². The Morgan fingerprint density at radius 3 is 1.06 bits per heavy atom. The fraction of sp³-hybridized carbons (Fsp3) is 0. The number of hydrogen-bond acceptors (Lipinski definition) is 1. The Morgan fingerprint density at radius 2 is 0.624 bits per heavy atom. The van der Waals surface area contributed by atoms with Gasteiger partial charge in [-0.2, -0.15) is 0 Å². The van der Waals surface area contributed by atoms with Gasteiger partial charge in [0.2, 0.25) is 29.1 Å². The normalized spacial score (nSPS) is 13.6. The number of nitrogens with one attached hydrogen (secondary N) is 3. The summed E-state index contributed by atoms with van der Waals surface area (Å²) >= 11 is 0. The zero-order valence-electron chi connectivity index (χ0n) is 40.0. The van der Waals surface area contributed by atoms with E-state index >= 15 is 87.8 Å². The summed E-state index contributed by atoms with van der Waals surface area (Å²) in [4.78, 5) is 10.6. The van der Waals surface area contributed by atoms with Crippen LogP contribution in [0.2, 0.25) is 0 Å². The monoisotopic (exact) mass is 1220 g/mol. The van der Waals surface area contributed by atoms with Gasteiger partial charge in [-0.05, 0) is 54.6 Å². The molecular formula is C55H12F25N5. The van der Waals surface area contributed by atoms with Gasteiger partial charge in [0.05, 0.1) is 66.8 Å². The van der Waals surface area contributed by atoms with E-state index < -0.39 is 262 Å². The summed E-state index contributed by atoms with van der Waals surface area (Å²) in [5.41, 5.74) is -26.2. The standard InChI is InChI=1S/C55H12F25N5/c56-30-25(31(57)41(67)50(76)40(30)66)20-10-1-2-11(81-10)21(26-32(58)42(68)51(77)43(69)33(26)59)13-5-6-15(83-13)23(28-36(62)46(72)53(79)47(73)37(28)63)17-7-8-18-24(29-38(64)48(74)54(80)49(75)39(29)65)55-19(85(17)18)9-16(84-55)22(14-4-3-12(20)82-14)27-34(60)44(70)52(78)45(71)35(27)61/h1-9,81,83-84H. The first kappa shape index (κ1) is 55.6. The highest BCUT2D eigenvalue weighted by molar-refractivity contribution is 6.30. The third-order valence-electron chi connectivity index (χ3n) is 13.9. The van der Waals surface area contributed by atoms with Gasteiger partial charge in [0.1, 0.15) is 0 Å². The van der Waals surface area contributed by atoms with E-state index in [1.807, 2.05) is 0 Å². The first-order chi connectivity index (χ1) is 40.1. The molecule has 2 aliphatic heterocycles. The van der Waals surface area contributed by atoms with Crippen molar-refractivity contribution in [2.75, 3.05) is 0 Å². The third-order valence-corrected chi connectivity index (χ3v) is 13.9. The second-order valence-corrected chi connectivity index (χ2v) is 18.3. The number of rotatable bonds is 5. The molecule has 0 saturated heterocycles. The molecule has 5 aromatic heterocycles. The molecule has 0 aliphatic carbocycles. The van der Waals surface area contributed by atoms with Gasteiger partial charge < -0.3 is 19.4 Å². The van der Waals surface area contributed by atoms with Crippen molar-refractivity contribution in [1.82, 2.24) is 19.4 Å². The predicted molar refractivity (Wildman–Crippen MR) is 244 cm³/mol. The first-order valence-electron chi connectivity index (χ1n) is 23.1. The van der Waals surface area contributed by atoms with E-state index in [0.717, 1.165) is 0 Å². The number of aliphatic imine (C=N–C) groups is 1. The fourth-order valence-electron chi connectivity index (χ4n) is 10.2. The second-order valence-electron chi connectivity index (χ2n) is 18.3. The van der Waals surface area contributed by atoms with Crippen LogP contribution in [0.15, 0.2) is 65.3 Å². The lowest BCUT2D eigenvalue weighted by molar-refractivity contribution is 0.376. The minimum absolute atomic E-state index is 0.417. The number of H-pyrrole nitrogens is 3. The molecule has 5 aromatic carbocycles. The molecule has 30 heteroatoms. The van der Waals surface area contributed by atoms with Gasteiger partial charge >= 0.3 is 0 Å². The Morgan fingerprint density at radius 1 is 0.271 bits per heavy atom. The largest absolute Gasteiger partial charge is 0.354 e. The van der Waals surface area contributed by atoms with Gasteiger partial charge in [0, 0.05) is 49.9 Å². The van der Waals surface area contributed by atoms with Crippen LogP contribution in [0.1, 0.15) is 39.3 Å². The Labute approximate surface area is 450 Å². The molecular weight excluding hydrogens is 1210 g/mol. The molecule has 0 atom stereocenters. The van der Waals surface area contributed by atoms with E-state index in [2.05, 4.69) is 19.9 Å². The van der Waals surface area contributed by atoms with Gasteiger partial charge in [0.15, 0.2) is 116 Å². The number of aromatic amines is 3. The van der Waals surface area contributed by atoms with Crippen molar-refractivity contribution < 1.29 is 110 Å². The highest BCUT2D eigenvalue weighted by atomic mass is 19.2. The Hall–Kier alpha value is -9.90. The molecule has 7 heterocycles. The Balaban J connectivity index is 1.39. The maximum atomic E-state index is 16.5. The van der Waals surface area contributed by atoms with Crippen molar-refractivity contribution in [3.63, 3.8) is 0 Å². The minimum Gasteiger partial charge on any atom is -0.354 e. The van der Waals surface area contributed by atoms with Crippen molar-refractivity contribution in [1.29, 1.82) is 0 Å². The van der Waals surface area contributed by atoms with Crippen molar-refractivity contribution in [2.24, 2.45) is 4.99 Å². The molecule has 0 spiro atoms. The lowest BCUT2D eigenvalue weighted by atomic mass is 9.98. The molecule has 2 aliphatic rings. The average Bonchev–Trinajstić information content (AvgIpc) is 2.32. The van der Waals surface area contributed by atoms with Crippen LogP contribution in [0.4, 0.5) is 110 Å². The quantitative estimate of drug-likeness (QED) is 0.0874. The number of fused-ring (bicyclic) bond motifs is 6. The van der Waals surface area contributed by atoms with Crippen LogP contribution in [-0.4, -0.2) is 25.1 Å². The summed E-state index contributed by atoms with van der Waals surface area (Å²) in [7, 11) is 0. The molecule has 0 saturated carbocycles. The van der Waals surface area contributed by atoms with E-state index in [-0.39, 0.29) is 0 Å². The number of benzene rings is 5. The van der Waals surface area contributed by atoms with E-state index in [9.17, 15) is 22.0 Å². The zero-order chi connectivity index (χ0) is 61.3. The van der Waals surface area contributed by atoms with E-state index in [4.69, 9.17) is 0 Å².